The molecular weight excluding hydrogens is 408 g/mol. The van der Waals surface area contributed by atoms with Crippen LogP contribution in [0.1, 0.15) is 5.56 Å². The van der Waals surface area contributed by atoms with Crippen LogP contribution in [0.15, 0.2) is 97.3 Å². The molecule has 0 saturated heterocycles. The van der Waals surface area contributed by atoms with Crippen molar-refractivity contribution in [2.24, 2.45) is 0 Å². The Kier molecular flexibility index (Phi) is 5.93. The molecule has 0 bridgehead atoms. The van der Waals surface area contributed by atoms with E-state index in [1.165, 1.54) is 5.56 Å². The lowest BCUT2D eigenvalue weighted by Crippen LogP contribution is -2.08. The Hall–Kier alpha value is -4.25. The molecule has 5 nitrogen and oxygen atoms in total. The molecule has 0 saturated carbocycles. The Balaban J connectivity index is 1.54. The maximum Gasteiger partial charge on any atom is 0.163 e. The van der Waals surface area contributed by atoms with Gasteiger partial charge in [0.25, 0.3) is 0 Å². The molecule has 0 aliphatic carbocycles. The number of hydrogen-bond donors (Lipinski definition) is 1. The summed E-state index contributed by atoms with van der Waals surface area (Å²) in [4.78, 5) is 13.9. The Morgan fingerprint density at radius 2 is 1.64 bits per heavy atom. The average Bonchev–Trinajstić information content (AvgIpc) is 2.89. The van der Waals surface area contributed by atoms with Crippen LogP contribution in [0, 0.1) is 0 Å². The van der Waals surface area contributed by atoms with Crippen LogP contribution in [0.5, 0.6) is 5.75 Å². The standard InChI is InChI=1S/C28H24N4O/c1-33-24-11-5-9-21(17-24)22-12-13-26-25(18-22)28(30-16-14-20-7-3-2-4-8-20)32-27(31-26)23-10-6-15-29-19-23/h2-13,15,17-19H,14,16H2,1H3,(H,30,31,32). The fourth-order valence-electron chi connectivity index (χ4n) is 3.84. The van der Waals surface area contributed by atoms with Crippen LogP contribution in [0.3, 0.4) is 0 Å². The molecule has 0 spiro atoms. The minimum absolute atomic E-state index is 0.659. The van der Waals surface area contributed by atoms with E-state index in [-0.39, 0.29) is 0 Å². The highest BCUT2D eigenvalue weighted by Crippen LogP contribution is 2.31. The molecule has 0 aliphatic rings. The summed E-state index contributed by atoms with van der Waals surface area (Å²) in [6, 6.07) is 28.7. The van der Waals surface area contributed by atoms with E-state index in [0.29, 0.717) is 5.82 Å². The normalized spacial score (nSPS) is 10.8. The number of nitrogens with one attached hydrogen (secondary N) is 1. The Bertz CT molecular complexity index is 1370. The third-order valence-electron chi connectivity index (χ3n) is 5.57. The van der Waals surface area contributed by atoms with Gasteiger partial charge in [-0.3, -0.25) is 4.98 Å². The lowest BCUT2D eigenvalue weighted by atomic mass is 10.0. The van der Waals surface area contributed by atoms with Crippen molar-refractivity contribution in [3.05, 3.63) is 103 Å². The van der Waals surface area contributed by atoms with Crippen LogP contribution in [-0.4, -0.2) is 28.6 Å². The van der Waals surface area contributed by atoms with E-state index in [0.717, 1.165) is 52.1 Å². The summed E-state index contributed by atoms with van der Waals surface area (Å²) < 4.78 is 5.40. The van der Waals surface area contributed by atoms with Crippen LogP contribution < -0.4 is 10.1 Å². The predicted octanol–water partition coefficient (Wildman–Crippen LogP) is 6.02. The molecule has 3 aromatic carbocycles. The first-order valence-corrected chi connectivity index (χ1v) is 10.9. The highest BCUT2D eigenvalue weighted by molar-refractivity contribution is 5.94. The molecule has 162 valence electrons. The molecule has 0 atom stereocenters. The van der Waals surface area contributed by atoms with Gasteiger partial charge in [-0.25, -0.2) is 9.97 Å². The SMILES string of the molecule is COc1cccc(-c2ccc3nc(-c4cccnc4)nc(NCCc4ccccc4)c3c2)c1. The van der Waals surface area contributed by atoms with E-state index < -0.39 is 0 Å². The third-order valence-corrected chi connectivity index (χ3v) is 5.57. The molecule has 0 amide bonds. The maximum atomic E-state index is 5.40. The molecule has 33 heavy (non-hydrogen) atoms. The molecule has 0 radical (unpaired) electrons. The van der Waals surface area contributed by atoms with Gasteiger partial charge < -0.3 is 10.1 Å². The third kappa shape index (κ3) is 4.67. The van der Waals surface area contributed by atoms with Crippen molar-refractivity contribution in [1.82, 2.24) is 15.0 Å². The number of benzene rings is 3. The fourth-order valence-corrected chi connectivity index (χ4v) is 3.84. The number of ether oxygens (including phenoxy) is 1. The molecule has 5 rings (SSSR count). The lowest BCUT2D eigenvalue weighted by molar-refractivity contribution is 0.415. The van der Waals surface area contributed by atoms with Crippen LogP contribution >= 0.6 is 0 Å². The van der Waals surface area contributed by atoms with Gasteiger partial charge in [-0.2, -0.15) is 0 Å². The summed E-state index contributed by atoms with van der Waals surface area (Å²) >= 11 is 0. The quantitative estimate of drug-likeness (QED) is 0.341. The first kappa shape index (κ1) is 20.6. The summed E-state index contributed by atoms with van der Waals surface area (Å²) in [5, 5.41) is 4.53. The number of aromatic nitrogens is 3. The van der Waals surface area contributed by atoms with Gasteiger partial charge in [0.1, 0.15) is 11.6 Å². The maximum absolute atomic E-state index is 5.40. The van der Waals surface area contributed by atoms with Gasteiger partial charge in [-0.15, -0.1) is 0 Å². The van der Waals surface area contributed by atoms with Gasteiger partial charge in [0.2, 0.25) is 0 Å². The van der Waals surface area contributed by atoms with Crippen LogP contribution in [0.25, 0.3) is 33.4 Å². The zero-order chi connectivity index (χ0) is 22.5. The molecule has 1 N–H and O–H groups in total. The topological polar surface area (TPSA) is 59.9 Å². The largest absolute Gasteiger partial charge is 0.497 e. The van der Waals surface area contributed by atoms with Crippen molar-refractivity contribution in [3.8, 4) is 28.3 Å². The molecule has 0 fully saturated rings. The number of hydrogen-bond acceptors (Lipinski definition) is 5. The zero-order valence-corrected chi connectivity index (χ0v) is 18.4. The fraction of sp³-hybridized carbons (Fsp3) is 0.107. The smallest absolute Gasteiger partial charge is 0.163 e. The van der Waals surface area contributed by atoms with Crippen molar-refractivity contribution in [2.75, 3.05) is 19.0 Å². The van der Waals surface area contributed by atoms with Crippen molar-refractivity contribution < 1.29 is 4.74 Å². The van der Waals surface area contributed by atoms with Crippen molar-refractivity contribution in [1.29, 1.82) is 0 Å². The molecule has 5 aromatic rings. The highest BCUT2D eigenvalue weighted by atomic mass is 16.5. The van der Waals surface area contributed by atoms with E-state index in [4.69, 9.17) is 14.7 Å². The van der Waals surface area contributed by atoms with Crippen LogP contribution in [0.4, 0.5) is 5.82 Å². The number of pyridine rings is 1. The summed E-state index contributed by atoms with van der Waals surface area (Å²) in [5.74, 6) is 2.31. The summed E-state index contributed by atoms with van der Waals surface area (Å²) in [6.07, 6.45) is 4.45. The first-order valence-electron chi connectivity index (χ1n) is 10.9. The van der Waals surface area contributed by atoms with Crippen molar-refractivity contribution in [2.45, 2.75) is 6.42 Å². The molecule has 0 unspecified atom stereocenters. The Labute approximate surface area is 193 Å². The Morgan fingerprint density at radius 1 is 0.788 bits per heavy atom. The summed E-state index contributed by atoms with van der Waals surface area (Å²) in [5.41, 5.74) is 5.24. The minimum atomic E-state index is 0.659. The monoisotopic (exact) mass is 432 g/mol. The number of rotatable bonds is 7. The highest BCUT2D eigenvalue weighted by Gasteiger charge is 2.11. The van der Waals surface area contributed by atoms with Crippen LogP contribution in [0.2, 0.25) is 0 Å². The predicted molar refractivity (Wildman–Crippen MR) is 133 cm³/mol. The van der Waals surface area contributed by atoms with E-state index in [1.807, 2.05) is 42.5 Å². The number of methoxy groups -OCH3 is 1. The number of anilines is 1. The molecule has 5 heteroatoms. The van der Waals surface area contributed by atoms with Crippen molar-refractivity contribution in [3.63, 3.8) is 0 Å². The van der Waals surface area contributed by atoms with Gasteiger partial charge in [-0.05, 0) is 59.5 Å². The second-order valence-corrected chi connectivity index (χ2v) is 7.76. The second-order valence-electron chi connectivity index (χ2n) is 7.76. The van der Waals surface area contributed by atoms with Gasteiger partial charge in [0, 0.05) is 29.9 Å². The Morgan fingerprint density at radius 3 is 2.45 bits per heavy atom. The summed E-state index contributed by atoms with van der Waals surface area (Å²) in [7, 11) is 1.68. The van der Waals surface area contributed by atoms with E-state index in [9.17, 15) is 0 Å². The second kappa shape index (κ2) is 9.49. The molecular formula is C28H24N4O. The number of fused-ring (bicyclic) bond motifs is 1. The lowest BCUT2D eigenvalue weighted by Gasteiger charge is -2.13. The molecule has 2 heterocycles. The number of nitrogens with zero attached hydrogens (tertiary/aromatic N) is 3. The van der Waals surface area contributed by atoms with E-state index in [2.05, 4.69) is 52.8 Å². The molecule has 2 aromatic heterocycles. The zero-order valence-electron chi connectivity index (χ0n) is 18.4. The van der Waals surface area contributed by atoms with E-state index >= 15 is 0 Å². The summed E-state index contributed by atoms with van der Waals surface area (Å²) in [6.45, 7) is 0.770. The first-order chi connectivity index (χ1) is 16.3. The molecule has 0 aliphatic heterocycles. The van der Waals surface area contributed by atoms with E-state index in [1.54, 1.807) is 19.5 Å². The average molecular weight is 433 g/mol. The van der Waals surface area contributed by atoms with Crippen LogP contribution in [-0.2, 0) is 6.42 Å². The van der Waals surface area contributed by atoms with Gasteiger partial charge in [0.05, 0.1) is 12.6 Å². The van der Waals surface area contributed by atoms with Gasteiger partial charge in [-0.1, -0.05) is 48.5 Å². The van der Waals surface area contributed by atoms with Gasteiger partial charge >= 0.3 is 0 Å². The minimum Gasteiger partial charge on any atom is -0.497 e. The van der Waals surface area contributed by atoms with Gasteiger partial charge in [0.15, 0.2) is 5.82 Å². The van der Waals surface area contributed by atoms with Crippen molar-refractivity contribution >= 4 is 16.7 Å².